The summed E-state index contributed by atoms with van der Waals surface area (Å²) in [5.41, 5.74) is 9.55. The summed E-state index contributed by atoms with van der Waals surface area (Å²) in [4.78, 5) is 0. The van der Waals surface area contributed by atoms with E-state index in [1.807, 2.05) is 0 Å². The molecule has 1 aliphatic carbocycles. The zero-order valence-corrected chi connectivity index (χ0v) is 15.3. The number of hydrogen-bond acceptors (Lipinski definition) is 0. The minimum absolute atomic E-state index is 1.11. The third-order valence-corrected chi connectivity index (χ3v) is 5.09. The highest BCUT2D eigenvalue weighted by Gasteiger charge is 2.23. The van der Waals surface area contributed by atoms with E-state index < -0.39 is 0 Å². The summed E-state index contributed by atoms with van der Waals surface area (Å²) in [7, 11) is 0. The number of hydrogen-bond donors (Lipinski definition) is 0. The second-order valence-corrected chi connectivity index (χ2v) is 6.83. The predicted molar refractivity (Wildman–Crippen MR) is 114 cm³/mol. The molecule has 1 aliphatic rings. The average molecular weight is 336 g/mol. The Bertz CT molecular complexity index is 944. The van der Waals surface area contributed by atoms with E-state index in [4.69, 9.17) is 0 Å². The Labute approximate surface area is 156 Å². The lowest BCUT2D eigenvalue weighted by molar-refractivity contribution is 0.825. The van der Waals surface area contributed by atoms with Gasteiger partial charge in [-0.3, -0.25) is 0 Å². The van der Waals surface area contributed by atoms with Crippen molar-refractivity contribution in [3.8, 4) is 0 Å². The molecule has 0 unspecified atom stereocenters. The van der Waals surface area contributed by atoms with E-state index in [1.54, 1.807) is 0 Å². The standard InChI is InChI=1S/C26H24/c1-2-3-17-23(20-12-6-4-7-13-20)26-24-18-11-10-16-22(24)19-25(26)21-14-8-5-9-15-21/h4-16,18-19H,2-3,17H2,1H3/b26-23+. The number of unbranched alkanes of at least 4 members (excludes halogenated alkanes) is 1. The van der Waals surface area contributed by atoms with Gasteiger partial charge >= 0.3 is 0 Å². The molecule has 3 aromatic rings. The van der Waals surface area contributed by atoms with E-state index in [-0.39, 0.29) is 0 Å². The van der Waals surface area contributed by atoms with Crippen molar-refractivity contribution in [2.24, 2.45) is 0 Å². The lowest BCUT2D eigenvalue weighted by atomic mass is 9.87. The van der Waals surface area contributed by atoms with Gasteiger partial charge in [-0.2, -0.15) is 0 Å². The van der Waals surface area contributed by atoms with Crippen LogP contribution in [-0.2, 0) is 0 Å². The third-order valence-electron chi connectivity index (χ3n) is 5.09. The maximum Gasteiger partial charge on any atom is -0.00611 e. The maximum absolute atomic E-state index is 2.36. The van der Waals surface area contributed by atoms with E-state index in [0.717, 1.165) is 6.42 Å². The second kappa shape index (κ2) is 7.58. The Morgan fingerprint density at radius 3 is 2.12 bits per heavy atom. The van der Waals surface area contributed by atoms with E-state index in [2.05, 4.69) is 97.9 Å². The molecule has 0 amide bonds. The molecule has 4 rings (SSSR count). The van der Waals surface area contributed by atoms with E-state index in [1.165, 1.54) is 51.8 Å². The van der Waals surface area contributed by atoms with Crippen molar-refractivity contribution in [1.29, 1.82) is 0 Å². The van der Waals surface area contributed by atoms with Crippen molar-refractivity contribution >= 4 is 22.8 Å². The zero-order chi connectivity index (χ0) is 17.8. The molecule has 128 valence electrons. The molecular weight excluding hydrogens is 312 g/mol. The van der Waals surface area contributed by atoms with E-state index in [0.29, 0.717) is 0 Å². The smallest absolute Gasteiger partial charge is 0.00611 e. The summed E-state index contributed by atoms with van der Waals surface area (Å²) in [5.74, 6) is 0. The number of allylic oxidation sites excluding steroid dienone is 3. The molecular formula is C26H24. The first-order valence-corrected chi connectivity index (χ1v) is 9.54. The van der Waals surface area contributed by atoms with Gasteiger partial charge in [-0.25, -0.2) is 0 Å². The fourth-order valence-electron chi connectivity index (χ4n) is 3.80. The van der Waals surface area contributed by atoms with Crippen LogP contribution in [0.2, 0.25) is 0 Å². The molecule has 0 saturated carbocycles. The first-order chi connectivity index (χ1) is 12.9. The summed E-state index contributed by atoms with van der Waals surface area (Å²) in [6.45, 7) is 2.27. The first-order valence-electron chi connectivity index (χ1n) is 9.54. The second-order valence-electron chi connectivity index (χ2n) is 6.83. The summed E-state index contributed by atoms with van der Waals surface area (Å²) in [6.07, 6.45) is 5.87. The number of fused-ring (bicyclic) bond motifs is 1. The van der Waals surface area contributed by atoms with Crippen LogP contribution in [0, 0.1) is 0 Å². The van der Waals surface area contributed by atoms with Crippen molar-refractivity contribution in [3.05, 3.63) is 107 Å². The monoisotopic (exact) mass is 336 g/mol. The van der Waals surface area contributed by atoms with Crippen LogP contribution in [0.4, 0.5) is 0 Å². The van der Waals surface area contributed by atoms with E-state index >= 15 is 0 Å². The van der Waals surface area contributed by atoms with Crippen LogP contribution in [0.25, 0.3) is 22.8 Å². The molecule has 0 saturated heterocycles. The van der Waals surface area contributed by atoms with Crippen molar-refractivity contribution in [2.75, 3.05) is 0 Å². The molecule has 0 N–H and O–H groups in total. The normalized spacial score (nSPS) is 14.7. The topological polar surface area (TPSA) is 0 Å². The van der Waals surface area contributed by atoms with Crippen molar-refractivity contribution in [1.82, 2.24) is 0 Å². The van der Waals surface area contributed by atoms with Gasteiger partial charge in [0.05, 0.1) is 0 Å². The fourth-order valence-corrected chi connectivity index (χ4v) is 3.80. The molecule has 0 aromatic heterocycles. The Hall–Kier alpha value is -2.86. The SMILES string of the molecule is CCCC/C(=C1\C(c2ccccc2)=Cc2ccccc21)c1ccccc1. The zero-order valence-electron chi connectivity index (χ0n) is 15.3. The van der Waals surface area contributed by atoms with Crippen LogP contribution in [-0.4, -0.2) is 0 Å². The van der Waals surface area contributed by atoms with Crippen LogP contribution in [0.5, 0.6) is 0 Å². The van der Waals surface area contributed by atoms with Gasteiger partial charge in [0.25, 0.3) is 0 Å². The van der Waals surface area contributed by atoms with Gasteiger partial charge in [-0.15, -0.1) is 0 Å². The van der Waals surface area contributed by atoms with Gasteiger partial charge in [-0.05, 0) is 57.9 Å². The fraction of sp³-hybridized carbons (Fsp3) is 0.154. The molecule has 26 heavy (non-hydrogen) atoms. The van der Waals surface area contributed by atoms with Gasteiger partial charge in [0, 0.05) is 0 Å². The summed E-state index contributed by atoms with van der Waals surface area (Å²) < 4.78 is 0. The molecule has 0 radical (unpaired) electrons. The molecule has 0 atom stereocenters. The van der Waals surface area contributed by atoms with Gasteiger partial charge in [-0.1, -0.05) is 98.3 Å². The van der Waals surface area contributed by atoms with Crippen LogP contribution in [0.3, 0.4) is 0 Å². The Balaban J connectivity index is 1.96. The molecule has 3 aromatic carbocycles. The van der Waals surface area contributed by atoms with Gasteiger partial charge < -0.3 is 0 Å². The predicted octanol–water partition coefficient (Wildman–Crippen LogP) is 7.34. The molecule has 0 fully saturated rings. The minimum Gasteiger partial charge on any atom is -0.0654 e. The van der Waals surface area contributed by atoms with Crippen LogP contribution < -0.4 is 0 Å². The molecule has 0 bridgehead atoms. The van der Waals surface area contributed by atoms with Gasteiger partial charge in [0.15, 0.2) is 0 Å². The van der Waals surface area contributed by atoms with Crippen molar-refractivity contribution in [3.63, 3.8) is 0 Å². The van der Waals surface area contributed by atoms with Crippen LogP contribution in [0.1, 0.15) is 48.4 Å². The van der Waals surface area contributed by atoms with Crippen molar-refractivity contribution in [2.45, 2.75) is 26.2 Å². The Kier molecular flexibility index (Phi) is 4.84. The third kappa shape index (κ3) is 3.15. The van der Waals surface area contributed by atoms with Gasteiger partial charge in [0.1, 0.15) is 0 Å². The van der Waals surface area contributed by atoms with Crippen molar-refractivity contribution < 1.29 is 0 Å². The molecule has 0 heterocycles. The first kappa shape index (κ1) is 16.6. The number of rotatable bonds is 5. The number of benzene rings is 3. The lowest BCUT2D eigenvalue weighted by Gasteiger charge is -2.17. The highest BCUT2D eigenvalue weighted by Crippen LogP contribution is 2.46. The largest absolute Gasteiger partial charge is 0.0654 e. The maximum atomic E-state index is 2.36. The van der Waals surface area contributed by atoms with E-state index in [9.17, 15) is 0 Å². The lowest BCUT2D eigenvalue weighted by Crippen LogP contribution is -1.94. The molecule has 0 spiro atoms. The highest BCUT2D eigenvalue weighted by atomic mass is 14.3. The highest BCUT2D eigenvalue weighted by molar-refractivity contribution is 6.23. The summed E-state index contributed by atoms with van der Waals surface area (Å²) in [6, 6.07) is 30.5. The molecule has 0 aliphatic heterocycles. The summed E-state index contributed by atoms with van der Waals surface area (Å²) in [5, 5.41) is 0. The summed E-state index contributed by atoms with van der Waals surface area (Å²) >= 11 is 0. The molecule has 0 heteroatoms. The average Bonchev–Trinajstić information content (AvgIpc) is 3.09. The van der Waals surface area contributed by atoms with Crippen LogP contribution in [0.15, 0.2) is 84.9 Å². The van der Waals surface area contributed by atoms with Gasteiger partial charge in [0.2, 0.25) is 0 Å². The Morgan fingerprint density at radius 1 is 0.731 bits per heavy atom. The Morgan fingerprint density at radius 2 is 1.38 bits per heavy atom. The van der Waals surface area contributed by atoms with Crippen LogP contribution >= 0.6 is 0 Å². The minimum atomic E-state index is 1.11. The quantitative estimate of drug-likeness (QED) is 0.457. The molecule has 0 nitrogen and oxygen atoms in total.